The maximum Gasteiger partial charge on any atom is 0.227 e. The molecule has 6 nitrogen and oxygen atoms in total. The van der Waals surface area contributed by atoms with Gasteiger partial charge in [-0.15, -0.1) is 0 Å². The summed E-state index contributed by atoms with van der Waals surface area (Å²) in [4.78, 5) is 34.9. The molecular formula is C28H27ClN4O2. The summed E-state index contributed by atoms with van der Waals surface area (Å²) in [6.45, 7) is 1.86. The zero-order valence-electron chi connectivity index (χ0n) is 19.6. The molecule has 1 saturated carbocycles. The van der Waals surface area contributed by atoms with Gasteiger partial charge in [0.25, 0.3) is 0 Å². The van der Waals surface area contributed by atoms with Crippen LogP contribution in [0.25, 0.3) is 22.6 Å². The van der Waals surface area contributed by atoms with E-state index in [1.165, 1.54) is 0 Å². The van der Waals surface area contributed by atoms with E-state index in [1.807, 2.05) is 61.5 Å². The molecule has 5 rings (SSSR count). The summed E-state index contributed by atoms with van der Waals surface area (Å²) in [5.74, 6) is 0.705. The first-order valence-corrected chi connectivity index (χ1v) is 12.4. The fourth-order valence-corrected chi connectivity index (χ4v) is 5.14. The number of ketones is 1. The second-order valence-corrected chi connectivity index (χ2v) is 9.39. The highest BCUT2D eigenvalue weighted by molar-refractivity contribution is 6.33. The van der Waals surface area contributed by atoms with E-state index in [4.69, 9.17) is 16.6 Å². The highest BCUT2D eigenvalue weighted by atomic mass is 35.5. The third-order valence-electron chi connectivity index (χ3n) is 6.74. The van der Waals surface area contributed by atoms with Gasteiger partial charge in [0, 0.05) is 30.1 Å². The second-order valence-electron chi connectivity index (χ2n) is 8.99. The Balaban J connectivity index is 1.50. The summed E-state index contributed by atoms with van der Waals surface area (Å²) in [6, 6.07) is 18.9. The first-order valence-electron chi connectivity index (χ1n) is 12.1. The van der Waals surface area contributed by atoms with Gasteiger partial charge in [0.05, 0.1) is 21.7 Å². The molecule has 1 N–H and O–H groups in total. The van der Waals surface area contributed by atoms with Crippen molar-refractivity contribution in [3.05, 3.63) is 77.4 Å². The standard InChI is InChI=1S/C28H27ClN4O2/c1-2-26(34)18-13-14-25-24(17-18)31-27(23-12-5-6-15-30-23)33(25)20-9-7-8-19(16-20)28(35)32-22-11-4-3-10-21(22)29/h3-6,10-15,17,19-20H,2,7-9,16H2,1H3,(H,32,35). The smallest absolute Gasteiger partial charge is 0.227 e. The van der Waals surface area contributed by atoms with Crippen molar-refractivity contribution in [3.8, 4) is 11.5 Å². The lowest BCUT2D eigenvalue weighted by Crippen LogP contribution is -2.29. The lowest BCUT2D eigenvalue weighted by Gasteiger charge is -2.31. The number of para-hydroxylation sites is 1. The van der Waals surface area contributed by atoms with Crippen molar-refractivity contribution in [1.29, 1.82) is 0 Å². The number of amides is 1. The Morgan fingerprint density at radius 3 is 2.69 bits per heavy atom. The van der Waals surface area contributed by atoms with Crippen LogP contribution < -0.4 is 5.32 Å². The zero-order chi connectivity index (χ0) is 24.4. The van der Waals surface area contributed by atoms with Crippen molar-refractivity contribution in [2.75, 3.05) is 5.32 Å². The monoisotopic (exact) mass is 486 g/mol. The van der Waals surface area contributed by atoms with E-state index in [-0.39, 0.29) is 23.7 Å². The largest absolute Gasteiger partial charge is 0.325 e. The van der Waals surface area contributed by atoms with Gasteiger partial charge < -0.3 is 9.88 Å². The Morgan fingerprint density at radius 2 is 1.91 bits per heavy atom. The third-order valence-corrected chi connectivity index (χ3v) is 7.07. The number of hydrogen-bond donors (Lipinski definition) is 1. The van der Waals surface area contributed by atoms with E-state index >= 15 is 0 Å². The molecule has 7 heteroatoms. The summed E-state index contributed by atoms with van der Waals surface area (Å²) in [6.07, 6.45) is 5.59. The number of fused-ring (bicyclic) bond motifs is 1. The topological polar surface area (TPSA) is 76.9 Å². The van der Waals surface area contributed by atoms with E-state index in [9.17, 15) is 9.59 Å². The summed E-state index contributed by atoms with van der Waals surface area (Å²) in [5, 5.41) is 3.54. The van der Waals surface area contributed by atoms with Gasteiger partial charge in [0.2, 0.25) is 5.91 Å². The number of carbonyl (C=O) groups is 2. The number of pyridine rings is 1. The van der Waals surface area contributed by atoms with Gasteiger partial charge in [-0.2, -0.15) is 0 Å². The van der Waals surface area contributed by atoms with Crippen LogP contribution in [-0.4, -0.2) is 26.2 Å². The lowest BCUT2D eigenvalue weighted by atomic mass is 9.84. The second kappa shape index (κ2) is 10.0. The molecule has 0 saturated heterocycles. The molecule has 1 aliphatic rings. The fraction of sp³-hybridized carbons (Fsp3) is 0.286. The molecular weight excluding hydrogens is 460 g/mol. The van der Waals surface area contributed by atoms with Crippen molar-refractivity contribution in [2.24, 2.45) is 5.92 Å². The Hall–Kier alpha value is -3.51. The lowest BCUT2D eigenvalue weighted by molar-refractivity contribution is -0.121. The first-order chi connectivity index (χ1) is 17.0. The minimum atomic E-state index is -0.139. The average molecular weight is 487 g/mol. The van der Waals surface area contributed by atoms with Crippen LogP contribution in [0.3, 0.4) is 0 Å². The number of nitrogens with zero attached hydrogens (tertiary/aromatic N) is 3. The van der Waals surface area contributed by atoms with Crippen molar-refractivity contribution in [1.82, 2.24) is 14.5 Å². The van der Waals surface area contributed by atoms with Crippen LogP contribution in [0.4, 0.5) is 5.69 Å². The molecule has 2 unspecified atom stereocenters. The normalized spacial score (nSPS) is 17.9. The van der Waals surface area contributed by atoms with Gasteiger partial charge in [0.1, 0.15) is 5.69 Å². The van der Waals surface area contributed by atoms with E-state index in [0.717, 1.165) is 41.8 Å². The van der Waals surface area contributed by atoms with Gasteiger partial charge in [-0.1, -0.05) is 43.1 Å². The number of rotatable bonds is 6. The van der Waals surface area contributed by atoms with Crippen LogP contribution in [-0.2, 0) is 4.79 Å². The molecule has 0 radical (unpaired) electrons. The molecule has 178 valence electrons. The molecule has 2 aromatic carbocycles. The molecule has 4 aromatic rings. The number of carbonyl (C=O) groups excluding carboxylic acids is 2. The van der Waals surface area contributed by atoms with Gasteiger partial charge in [-0.3, -0.25) is 14.6 Å². The highest BCUT2D eigenvalue weighted by Gasteiger charge is 2.31. The van der Waals surface area contributed by atoms with Crippen LogP contribution >= 0.6 is 11.6 Å². The number of benzene rings is 2. The molecule has 35 heavy (non-hydrogen) atoms. The number of Topliss-reactive ketones (excluding diaryl/α,β-unsaturated/α-hetero) is 1. The Bertz CT molecular complexity index is 1380. The van der Waals surface area contributed by atoms with Crippen molar-refractivity contribution < 1.29 is 9.59 Å². The van der Waals surface area contributed by atoms with E-state index in [2.05, 4.69) is 14.9 Å². The summed E-state index contributed by atoms with van der Waals surface area (Å²) in [7, 11) is 0. The molecule has 1 aliphatic carbocycles. The average Bonchev–Trinajstić information content (AvgIpc) is 3.29. The van der Waals surface area contributed by atoms with Crippen LogP contribution in [0.15, 0.2) is 66.9 Å². The third kappa shape index (κ3) is 4.71. The number of anilines is 1. The summed E-state index contributed by atoms with van der Waals surface area (Å²) >= 11 is 6.26. The van der Waals surface area contributed by atoms with Crippen molar-refractivity contribution in [2.45, 2.75) is 45.1 Å². The maximum atomic E-state index is 13.2. The molecule has 0 aliphatic heterocycles. The SMILES string of the molecule is CCC(=O)c1ccc2c(c1)nc(-c1ccccn1)n2C1CCCC(C(=O)Nc2ccccc2Cl)C1. The quantitative estimate of drug-likeness (QED) is 0.307. The molecule has 1 amide bonds. The van der Waals surface area contributed by atoms with Crippen molar-refractivity contribution >= 4 is 40.0 Å². The predicted octanol–water partition coefficient (Wildman–Crippen LogP) is 6.71. The fourth-order valence-electron chi connectivity index (χ4n) is 4.96. The Morgan fingerprint density at radius 1 is 1.09 bits per heavy atom. The number of nitrogens with one attached hydrogen (secondary N) is 1. The van der Waals surface area contributed by atoms with E-state index < -0.39 is 0 Å². The van der Waals surface area contributed by atoms with E-state index in [0.29, 0.717) is 29.1 Å². The molecule has 2 aromatic heterocycles. The maximum absolute atomic E-state index is 13.2. The van der Waals surface area contributed by atoms with Crippen LogP contribution in [0.2, 0.25) is 5.02 Å². The van der Waals surface area contributed by atoms with Crippen molar-refractivity contribution in [3.63, 3.8) is 0 Å². The highest BCUT2D eigenvalue weighted by Crippen LogP contribution is 2.38. The van der Waals surface area contributed by atoms with Gasteiger partial charge in [-0.05, 0) is 61.7 Å². The molecule has 0 spiro atoms. The zero-order valence-corrected chi connectivity index (χ0v) is 20.3. The number of aromatic nitrogens is 3. The number of imidazole rings is 1. The predicted molar refractivity (Wildman–Crippen MR) is 139 cm³/mol. The number of hydrogen-bond acceptors (Lipinski definition) is 4. The number of halogens is 1. The van der Waals surface area contributed by atoms with Crippen LogP contribution in [0, 0.1) is 5.92 Å². The van der Waals surface area contributed by atoms with E-state index in [1.54, 1.807) is 12.3 Å². The first kappa shape index (κ1) is 23.2. The molecule has 2 atom stereocenters. The molecule has 2 heterocycles. The van der Waals surface area contributed by atoms with Gasteiger partial charge in [0.15, 0.2) is 11.6 Å². The summed E-state index contributed by atoms with van der Waals surface area (Å²) in [5.41, 5.74) is 3.80. The van der Waals surface area contributed by atoms with Crippen LogP contribution in [0.5, 0.6) is 0 Å². The Kier molecular flexibility index (Phi) is 6.64. The minimum Gasteiger partial charge on any atom is -0.325 e. The molecule has 0 bridgehead atoms. The minimum absolute atomic E-state index is 0.0116. The van der Waals surface area contributed by atoms with Gasteiger partial charge in [-0.25, -0.2) is 4.98 Å². The van der Waals surface area contributed by atoms with Gasteiger partial charge >= 0.3 is 0 Å². The van der Waals surface area contributed by atoms with Crippen LogP contribution in [0.1, 0.15) is 55.4 Å². The molecule has 1 fully saturated rings. The Labute approximate surface area is 209 Å². The summed E-state index contributed by atoms with van der Waals surface area (Å²) < 4.78 is 2.22.